The minimum absolute atomic E-state index is 0.0727. The molecule has 4 heteroatoms. The summed E-state index contributed by atoms with van der Waals surface area (Å²) in [4.78, 5) is 17.6. The molecule has 0 N–H and O–H groups in total. The molecule has 0 aliphatic carbocycles. The summed E-state index contributed by atoms with van der Waals surface area (Å²) in [5, 5.41) is 0. The maximum absolute atomic E-state index is 11.8. The number of likely N-dealkylation sites (tertiary alicyclic amines) is 1. The third kappa shape index (κ3) is 2.95. The van der Waals surface area contributed by atoms with E-state index in [1.54, 1.807) is 24.5 Å². The number of carbonyl (C=O) groups is 1. The molecule has 0 unspecified atom stereocenters. The third-order valence-corrected chi connectivity index (χ3v) is 2.71. The molecular weight excluding hydrogens is 204 g/mol. The molecule has 0 atom stereocenters. The van der Waals surface area contributed by atoms with Gasteiger partial charge in [-0.15, -0.1) is 0 Å². The van der Waals surface area contributed by atoms with Crippen molar-refractivity contribution in [3.05, 3.63) is 24.5 Å². The van der Waals surface area contributed by atoms with E-state index in [2.05, 4.69) is 4.98 Å². The van der Waals surface area contributed by atoms with Crippen molar-refractivity contribution in [3.8, 4) is 5.75 Å². The Balaban J connectivity index is 1.79. The number of piperidine rings is 1. The monoisotopic (exact) mass is 220 g/mol. The van der Waals surface area contributed by atoms with E-state index in [9.17, 15) is 4.79 Å². The number of rotatable bonds is 3. The van der Waals surface area contributed by atoms with Crippen molar-refractivity contribution in [1.82, 2.24) is 9.88 Å². The zero-order chi connectivity index (χ0) is 11.2. The van der Waals surface area contributed by atoms with E-state index in [4.69, 9.17) is 4.74 Å². The molecule has 4 nitrogen and oxygen atoms in total. The van der Waals surface area contributed by atoms with Gasteiger partial charge in [-0.2, -0.15) is 0 Å². The highest BCUT2D eigenvalue weighted by Gasteiger charge is 2.16. The Morgan fingerprint density at radius 2 is 2.19 bits per heavy atom. The second-order valence-corrected chi connectivity index (χ2v) is 3.92. The van der Waals surface area contributed by atoms with Gasteiger partial charge in [-0.3, -0.25) is 9.78 Å². The highest BCUT2D eigenvalue weighted by atomic mass is 16.5. The summed E-state index contributed by atoms with van der Waals surface area (Å²) >= 11 is 0. The molecule has 0 spiro atoms. The molecule has 86 valence electrons. The number of nitrogens with zero attached hydrogens (tertiary/aromatic N) is 2. The zero-order valence-corrected chi connectivity index (χ0v) is 9.26. The van der Waals surface area contributed by atoms with Gasteiger partial charge in [0, 0.05) is 19.3 Å². The standard InChI is InChI=1S/C12H16N2O2/c15-12(14-7-2-1-3-8-14)10-16-11-5-4-6-13-9-11/h4-6,9H,1-3,7-8,10H2. The van der Waals surface area contributed by atoms with Gasteiger partial charge in [-0.05, 0) is 31.4 Å². The maximum Gasteiger partial charge on any atom is 0.260 e. The lowest BCUT2D eigenvalue weighted by Gasteiger charge is -2.26. The normalized spacial score (nSPS) is 15.9. The Morgan fingerprint density at radius 1 is 1.38 bits per heavy atom. The summed E-state index contributed by atoms with van der Waals surface area (Å²) in [5.41, 5.74) is 0. The van der Waals surface area contributed by atoms with Gasteiger partial charge < -0.3 is 9.64 Å². The van der Waals surface area contributed by atoms with Crippen molar-refractivity contribution in [1.29, 1.82) is 0 Å². The topological polar surface area (TPSA) is 42.4 Å². The highest BCUT2D eigenvalue weighted by Crippen LogP contribution is 2.10. The van der Waals surface area contributed by atoms with Gasteiger partial charge in [0.2, 0.25) is 0 Å². The number of hydrogen-bond donors (Lipinski definition) is 0. The molecular formula is C12H16N2O2. The SMILES string of the molecule is O=C(COc1cccnc1)N1CCCCC1. The lowest BCUT2D eigenvalue weighted by atomic mass is 10.1. The molecule has 1 aromatic rings. The molecule has 0 radical (unpaired) electrons. The maximum atomic E-state index is 11.8. The first kappa shape index (κ1) is 10.9. The zero-order valence-electron chi connectivity index (χ0n) is 9.26. The van der Waals surface area contributed by atoms with Gasteiger partial charge in [-0.25, -0.2) is 0 Å². The van der Waals surface area contributed by atoms with Crippen LogP contribution in [0, 0.1) is 0 Å². The summed E-state index contributed by atoms with van der Waals surface area (Å²) in [7, 11) is 0. The number of amides is 1. The van der Waals surface area contributed by atoms with Crippen molar-refractivity contribution in [2.75, 3.05) is 19.7 Å². The number of aromatic nitrogens is 1. The fourth-order valence-electron chi connectivity index (χ4n) is 1.81. The van der Waals surface area contributed by atoms with E-state index in [1.165, 1.54) is 6.42 Å². The van der Waals surface area contributed by atoms with Crippen LogP contribution in [0.5, 0.6) is 5.75 Å². The van der Waals surface area contributed by atoms with E-state index >= 15 is 0 Å². The third-order valence-electron chi connectivity index (χ3n) is 2.71. The first-order chi connectivity index (χ1) is 7.86. The molecule has 1 amide bonds. The van der Waals surface area contributed by atoms with Gasteiger partial charge >= 0.3 is 0 Å². The number of pyridine rings is 1. The van der Waals surface area contributed by atoms with Crippen molar-refractivity contribution < 1.29 is 9.53 Å². The predicted octanol–water partition coefficient (Wildman–Crippen LogP) is 1.47. The van der Waals surface area contributed by atoms with Crippen LogP contribution < -0.4 is 4.74 Å². The van der Waals surface area contributed by atoms with Crippen LogP contribution in [-0.4, -0.2) is 35.5 Å². The first-order valence-corrected chi connectivity index (χ1v) is 5.67. The fraction of sp³-hybridized carbons (Fsp3) is 0.500. The minimum Gasteiger partial charge on any atom is -0.482 e. The van der Waals surface area contributed by atoms with Crippen LogP contribution in [-0.2, 0) is 4.79 Å². The Labute approximate surface area is 95.2 Å². The van der Waals surface area contributed by atoms with Crippen LogP contribution in [0.25, 0.3) is 0 Å². The van der Waals surface area contributed by atoms with Crippen molar-refractivity contribution in [2.45, 2.75) is 19.3 Å². The van der Waals surface area contributed by atoms with Crippen molar-refractivity contribution in [3.63, 3.8) is 0 Å². The molecule has 1 aromatic heterocycles. The Bertz CT molecular complexity index is 334. The Kier molecular flexibility index (Phi) is 3.75. The van der Waals surface area contributed by atoms with Crippen LogP contribution in [0.3, 0.4) is 0 Å². The molecule has 2 heterocycles. The van der Waals surface area contributed by atoms with E-state index in [1.807, 2.05) is 4.90 Å². The van der Waals surface area contributed by atoms with Gasteiger partial charge in [0.1, 0.15) is 5.75 Å². The largest absolute Gasteiger partial charge is 0.482 e. The summed E-state index contributed by atoms with van der Waals surface area (Å²) in [6, 6.07) is 3.59. The summed E-state index contributed by atoms with van der Waals surface area (Å²) in [5.74, 6) is 0.719. The quantitative estimate of drug-likeness (QED) is 0.774. The van der Waals surface area contributed by atoms with Gasteiger partial charge in [-0.1, -0.05) is 0 Å². The molecule has 0 saturated carbocycles. The number of hydrogen-bond acceptors (Lipinski definition) is 3. The minimum atomic E-state index is 0.0727. The fourth-order valence-corrected chi connectivity index (χ4v) is 1.81. The molecule has 1 fully saturated rings. The van der Waals surface area contributed by atoms with E-state index in [0.29, 0.717) is 5.75 Å². The van der Waals surface area contributed by atoms with Crippen LogP contribution in [0.15, 0.2) is 24.5 Å². The number of carbonyl (C=O) groups excluding carboxylic acids is 1. The molecule has 0 aromatic carbocycles. The van der Waals surface area contributed by atoms with Crippen LogP contribution in [0.2, 0.25) is 0 Å². The molecule has 2 rings (SSSR count). The first-order valence-electron chi connectivity index (χ1n) is 5.67. The molecule has 0 bridgehead atoms. The van der Waals surface area contributed by atoms with Crippen molar-refractivity contribution in [2.24, 2.45) is 0 Å². The van der Waals surface area contributed by atoms with Gasteiger partial charge in [0.05, 0.1) is 6.20 Å². The molecule has 1 aliphatic heterocycles. The van der Waals surface area contributed by atoms with Gasteiger partial charge in [0.15, 0.2) is 6.61 Å². The Hall–Kier alpha value is -1.58. The highest BCUT2D eigenvalue weighted by molar-refractivity contribution is 5.77. The van der Waals surface area contributed by atoms with Crippen LogP contribution in [0.1, 0.15) is 19.3 Å². The molecule has 16 heavy (non-hydrogen) atoms. The Morgan fingerprint density at radius 3 is 2.88 bits per heavy atom. The average Bonchev–Trinajstić information content (AvgIpc) is 2.38. The lowest BCUT2D eigenvalue weighted by Crippen LogP contribution is -2.38. The summed E-state index contributed by atoms with van der Waals surface area (Å²) in [6.45, 7) is 1.86. The van der Waals surface area contributed by atoms with E-state index < -0.39 is 0 Å². The second-order valence-electron chi connectivity index (χ2n) is 3.92. The van der Waals surface area contributed by atoms with Crippen LogP contribution in [0.4, 0.5) is 0 Å². The number of ether oxygens (including phenoxy) is 1. The average molecular weight is 220 g/mol. The lowest BCUT2D eigenvalue weighted by molar-refractivity contribution is -0.134. The van der Waals surface area contributed by atoms with Crippen molar-refractivity contribution >= 4 is 5.91 Å². The molecule has 1 aliphatic rings. The van der Waals surface area contributed by atoms with Gasteiger partial charge in [0.25, 0.3) is 5.91 Å². The van der Waals surface area contributed by atoms with E-state index in [0.717, 1.165) is 25.9 Å². The summed E-state index contributed by atoms with van der Waals surface area (Å²) < 4.78 is 5.37. The second kappa shape index (κ2) is 5.49. The van der Waals surface area contributed by atoms with E-state index in [-0.39, 0.29) is 12.5 Å². The predicted molar refractivity (Wildman–Crippen MR) is 60.2 cm³/mol. The molecule has 1 saturated heterocycles. The summed E-state index contributed by atoms with van der Waals surface area (Å²) in [6.07, 6.45) is 6.74. The smallest absolute Gasteiger partial charge is 0.260 e. The van der Waals surface area contributed by atoms with Crippen LogP contribution >= 0.6 is 0 Å².